The van der Waals surface area contributed by atoms with Gasteiger partial charge in [0, 0.05) is 30.5 Å². The largest absolute Gasteiger partial charge is 0.441 e. The van der Waals surface area contributed by atoms with Gasteiger partial charge in [-0.2, -0.15) is 0 Å². The number of hydrogen-bond donors (Lipinski definition) is 1. The topological polar surface area (TPSA) is 90.0 Å². The maximum Gasteiger partial charge on any atom is 0.262 e. The molecule has 0 radical (unpaired) electrons. The number of fused-ring (bicyclic) bond motifs is 2. The molecule has 0 atom stereocenters. The van der Waals surface area contributed by atoms with Gasteiger partial charge in [0.2, 0.25) is 5.91 Å². The first kappa shape index (κ1) is 17.4. The molecule has 1 aromatic carbocycles. The third-order valence-corrected chi connectivity index (χ3v) is 5.63. The van der Waals surface area contributed by atoms with Crippen LogP contribution in [0.4, 0.5) is 5.69 Å². The monoisotopic (exact) mass is 382 g/mol. The summed E-state index contributed by atoms with van der Waals surface area (Å²) in [6.45, 7) is 5.95. The van der Waals surface area contributed by atoms with E-state index in [-0.39, 0.29) is 24.4 Å². The van der Waals surface area contributed by atoms with E-state index in [4.69, 9.17) is 4.42 Å². The molecule has 0 aliphatic heterocycles. The van der Waals surface area contributed by atoms with Crippen LogP contribution >= 0.6 is 11.3 Å². The second-order valence-electron chi connectivity index (χ2n) is 6.42. The molecule has 4 aromatic rings. The first-order chi connectivity index (χ1) is 12.9. The Hall–Kier alpha value is -3.00. The highest BCUT2D eigenvalue weighted by Gasteiger charge is 2.13. The van der Waals surface area contributed by atoms with Crippen molar-refractivity contribution in [3.8, 4) is 0 Å². The molecule has 0 saturated carbocycles. The molecule has 0 aliphatic rings. The Balaban J connectivity index is 1.48. The fourth-order valence-corrected chi connectivity index (χ4v) is 3.98. The van der Waals surface area contributed by atoms with Gasteiger partial charge < -0.3 is 9.73 Å². The number of aromatic nitrogens is 3. The minimum Gasteiger partial charge on any atom is -0.441 e. The van der Waals surface area contributed by atoms with Crippen LogP contribution in [0.15, 0.2) is 33.7 Å². The Labute approximate surface area is 158 Å². The van der Waals surface area contributed by atoms with Crippen molar-refractivity contribution < 1.29 is 9.21 Å². The number of amides is 1. The SMILES string of the molecule is Cc1nc2cc(NC(=O)CCn3cnc4sc(C)c(C)c4c3=O)ccc2o1. The van der Waals surface area contributed by atoms with Gasteiger partial charge in [-0.1, -0.05) is 0 Å². The van der Waals surface area contributed by atoms with Crippen molar-refractivity contribution in [3.63, 3.8) is 0 Å². The van der Waals surface area contributed by atoms with Gasteiger partial charge in [-0.3, -0.25) is 14.2 Å². The van der Waals surface area contributed by atoms with E-state index in [0.717, 1.165) is 15.3 Å². The highest BCUT2D eigenvalue weighted by molar-refractivity contribution is 7.18. The quantitative estimate of drug-likeness (QED) is 0.583. The van der Waals surface area contributed by atoms with Crippen LogP contribution in [0.2, 0.25) is 0 Å². The van der Waals surface area contributed by atoms with Gasteiger partial charge >= 0.3 is 0 Å². The number of aryl methyl sites for hydroxylation is 4. The normalized spacial score (nSPS) is 11.4. The molecule has 0 bridgehead atoms. The van der Waals surface area contributed by atoms with Crippen LogP contribution in [0.3, 0.4) is 0 Å². The summed E-state index contributed by atoms with van der Waals surface area (Å²) in [4.78, 5) is 35.4. The first-order valence-corrected chi connectivity index (χ1v) is 9.36. The van der Waals surface area contributed by atoms with Gasteiger partial charge in [0.25, 0.3) is 5.56 Å². The van der Waals surface area contributed by atoms with Gasteiger partial charge in [0.1, 0.15) is 10.3 Å². The molecule has 0 aliphatic carbocycles. The third-order valence-electron chi connectivity index (χ3n) is 4.51. The van der Waals surface area contributed by atoms with Crippen molar-refractivity contribution in [2.24, 2.45) is 0 Å². The Morgan fingerprint density at radius 1 is 1.30 bits per heavy atom. The number of carbonyl (C=O) groups excluding carboxylic acids is 1. The van der Waals surface area contributed by atoms with Crippen LogP contribution in [0.25, 0.3) is 21.3 Å². The van der Waals surface area contributed by atoms with Gasteiger partial charge in [-0.15, -0.1) is 11.3 Å². The Kier molecular flexibility index (Phi) is 4.27. The van der Waals surface area contributed by atoms with Crippen molar-refractivity contribution in [1.29, 1.82) is 0 Å². The van der Waals surface area contributed by atoms with Crippen LogP contribution in [0, 0.1) is 20.8 Å². The summed E-state index contributed by atoms with van der Waals surface area (Å²) in [5, 5.41) is 3.48. The van der Waals surface area contributed by atoms with Crippen LogP contribution in [0.1, 0.15) is 22.8 Å². The average molecular weight is 382 g/mol. The molecule has 0 unspecified atom stereocenters. The van der Waals surface area contributed by atoms with E-state index >= 15 is 0 Å². The number of rotatable bonds is 4. The maximum atomic E-state index is 12.7. The van der Waals surface area contributed by atoms with E-state index in [1.807, 2.05) is 13.8 Å². The predicted molar refractivity (Wildman–Crippen MR) is 105 cm³/mol. The average Bonchev–Trinajstić information content (AvgIpc) is 3.13. The molecular formula is C19H18N4O3S. The fraction of sp³-hybridized carbons (Fsp3) is 0.263. The summed E-state index contributed by atoms with van der Waals surface area (Å²) in [5.74, 6) is 0.398. The third kappa shape index (κ3) is 3.23. The fourth-order valence-electron chi connectivity index (χ4n) is 3.00. The van der Waals surface area contributed by atoms with Gasteiger partial charge in [-0.05, 0) is 37.6 Å². The summed E-state index contributed by atoms with van der Waals surface area (Å²) in [5.41, 5.74) is 2.88. The van der Waals surface area contributed by atoms with Crippen LogP contribution in [-0.4, -0.2) is 20.4 Å². The Bertz CT molecular complexity index is 1240. The summed E-state index contributed by atoms with van der Waals surface area (Å²) in [6.07, 6.45) is 1.68. The van der Waals surface area contributed by atoms with E-state index in [9.17, 15) is 9.59 Å². The van der Waals surface area contributed by atoms with Gasteiger partial charge in [-0.25, -0.2) is 9.97 Å². The van der Waals surface area contributed by atoms with Gasteiger partial charge in [0.05, 0.1) is 11.7 Å². The number of nitrogens with one attached hydrogen (secondary N) is 1. The summed E-state index contributed by atoms with van der Waals surface area (Å²) < 4.78 is 6.92. The molecule has 4 rings (SSSR count). The molecule has 138 valence electrons. The molecule has 1 N–H and O–H groups in total. The lowest BCUT2D eigenvalue weighted by molar-refractivity contribution is -0.116. The molecular weight excluding hydrogens is 364 g/mol. The highest BCUT2D eigenvalue weighted by Crippen LogP contribution is 2.25. The standard InChI is InChI=1S/C19H18N4O3S/c1-10-11(2)27-18-17(10)19(25)23(9-20-18)7-6-16(24)22-13-4-5-15-14(8-13)21-12(3)26-15/h4-5,8-9H,6-7H2,1-3H3,(H,22,24). The molecule has 3 aromatic heterocycles. The van der Waals surface area contributed by atoms with Crippen molar-refractivity contribution in [3.05, 3.63) is 51.2 Å². The molecule has 0 spiro atoms. The lowest BCUT2D eigenvalue weighted by Gasteiger charge is -2.07. The number of anilines is 1. The first-order valence-electron chi connectivity index (χ1n) is 8.54. The zero-order valence-electron chi connectivity index (χ0n) is 15.2. The zero-order chi connectivity index (χ0) is 19.1. The number of hydrogen-bond acceptors (Lipinski definition) is 6. The van der Waals surface area contributed by atoms with Crippen LogP contribution in [-0.2, 0) is 11.3 Å². The second-order valence-corrected chi connectivity index (χ2v) is 7.62. The summed E-state index contributed by atoms with van der Waals surface area (Å²) in [7, 11) is 0. The van der Waals surface area contributed by atoms with E-state index in [1.54, 1.807) is 25.1 Å². The number of thiophene rings is 1. The number of carbonyl (C=O) groups is 1. The van der Waals surface area contributed by atoms with E-state index in [1.165, 1.54) is 22.2 Å². The molecule has 27 heavy (non-hydrogen) atoms. The predicted octanol–water partition coefficient (Wildman–Crippen LogP) is 3.55. The number of benzene rings is 1. The van der Waals surface area contributed by atoms with Crippen LogP contribution in [0.5, 0.6) is 0 Å². The lowest BCUT2D eigenvalue weighted by atomic mass is 10.2. The maximum absolute atomic E-state index is 12.7. The molecule has 8 heteroatoms. The van der Waals surface area contributed by atoms with Crippen molar-refractivity contribution in [1.82, 2.24) is 14.5 Å². The highest BCUT2D eigenvalue weighted by atomic mass is 32.1. The molecule has 3 heterocycles. The van der Waals surface area contributed by atoms with E-state index < -0.39 is 0 Å². The minimum atomic E-state index is -0.181. The van der Waals surface area contributed by atoms with E-state index in [2.05, 4.69) is 15.3 Å². The summed E-state index contributed by atoms with van der Waals surface area (Å²) >= 11 is 1.51. The molecule has 0 fully saturated rings. The van der Waals surface area contributed by atoms with Gasteiger partial charge in [0.15, 0.2) is 11.5 Å². The van der Waals surface area contributed by atoms with E-state index in [0.29, 0.717) is 28.1 Å². The number of oxazole rings is 1. The molecule has 1 amide bonds. The second kappa shape index (κ2) is 6.62. The Morgan fingerprint density at radius 2 is 2.11 bits per heavy atom. The minimum absolute atomic E-state index is 0.103. The summed E-state index contributed by atoms with van der Waals surface area (Å²) in [6, 6.07) is 5.30. The van der Waals surface area contributed by atoms with Crippen molar-refractivity contribution in [2.75, 3.05) is 5.32 Å². The Morgan fingerprint density at radius 3 is 2.93 bits per heavy atom. The lowest BCUT2D eigenvalue weighted by Crippen LogP contribution is -2.23. The van der Waals surface area contributed by atoms with Crippen molar-refractivity contribution in [2.45, 2.75) is 33.7 Å². The smallest absolute Gasteiger partial charge is 0.262 e. The van der Waals surface area contributed by atoms with Crippen molar-refractivity contribution >= 4 is 44.2 Å². The zero-order valence-corrected chi connectivity index (χ0v) is 16.0. The van der Waals surface area contributed by atoms with Crippen LogP contribution < -0.4 is 10.9 Å². The molecule has 0 saturated heterocycles. The number of nitrogens with zero attached hydrogens (tertiary/aromatic N) is 3. The molecule has 7 nitrogen and oxygen atoms in total.